The summed E-state index contributed by atoms with van der Waals surface area (Å²) in [4.78, 5) is 0. The van der Waals surface area contributed by atoms with Crippen LogP contribution in [0.3, 0.4) is 0 Å². The molecular weight excluding hydrogens is 756 g/mol. The number of benzene rings is 4. The molecule has 0 aliphatic heterocycles. The van der Waals surface area contributed by atoms with E-state index in [0.29, 0.717) is 0 Å². The van der Waals surface area contributed by atoms with Crippen molar-refractivity contribution >= 4 is 22.3 Å². The van der Waals surface area contributed by atoms with Gasteiger partial charge in [-0.3, -0.25) is 0 Å². The summed E-state index contributed by atoms with van der Waals surface area (Å²) in [6.45, 7) is 0. The van der Waals surface area contributed by atoms with Crippen molar-refractivity contribution in [1.29, 1.82) is 0 Å². The van der Waals surface area contributed by atoms with Crippen molar-refractivity contribution < 1.29 is 92.9 Å². The van der Waals surface area contributed by atoms with Crippen LogP contribution in [-0.4, -0.2) is 11.2 Å². The van der Waals surface area contributed by atoms with Gasteiger partial charge >= 0.3 is 0 Å². The molecule has 5 rings (SSSR count). The maximum atomic E-state index is 15.2. The lowest BCUT2D eigenvalue weighted by Crippen LogP contribution is -2.26. The molecule has 0 heterocycles. The van der Waals surface area contributed by atoms with Gasteiger partial charge in [0.25, 0.3) is 0 Å². The molecule has 0 radical (unpaired) electrons. The highest BCUT2D eigenvalue weighted by Crippen LogP contribution is 2.52. The second-order valence-corrected chi connectivity index (χ2v) is 10.1. The molecule has 0 unspecified atom stereocenters. The average molecular weight is 760 g/mol. The molecule has 1 aliphatic carbocycles. The van der Waals surface area contributed by atoms with E-state index < -0.39 is 173 Å². The van der Waals surface area contributed by atoms with Gasteiger partial charge in [-0.25, -0.2) is 87.8 Å². The molecule has 4 aromatic rings. The predicted molar refractivity (Wildman–Crippen MR) is 129 cm³/mol. The maximum Gasteiger partial charge on any atom is 0.200 e. The van der Waals surface area contributed by atoms with E-state index in [2.05, 4.69) is 0 Å². The van der Waals surface area contributed by atoms with Crippen molar-refractivity contribution in [2.45, 2.75) is 12.5 Å². The van der Waals surface area contributed by atoms with Gasteiger partial charge in [-0.15, -0.1) is 0 Å². The van der Waals surface area contributed by atoms with Gasteiger partial charge in [0.2, 0.25) is 23.3 Å². The fourth-order valence-corrected chi connectivity index (χ4v) is 5.29. The van der Waals surface area contributed by atoms with Crippen molar-refractivity contribution in [3.63, 3.8) is 0 Å². The van der Waals surface area contributed by atoms with Crippen molar-refractivity contribution in [3.8, 4) is 0 Å². The SMILES string of the molecule is OC1C(c2c(F)c(F)c(F)c(F)c2F)=C(c2c(F)c(F)c(F)c(F)c2F)CC(c2c(F)c(F)c(F)c(F)c2F)=C1c1c(F)c(F)c(F)c(F)c1F. The van der Waals surface area contributed by atoms with Crippen LogP contribution >= 0.6 is 0 Å². The van der Waals surface area contributed by atoms with E-state index in [4.69, 9.17) is 0 Å². The number of hydrogen-bond acceptors (Lipinski definition) is 1. The summed E-state index contributed by atoms with van der Waals surface area (Å²) in [5, 5.41) is 11.3. The molecule has 0 amide bonds. The van der Waals surface area contributed by atoms with Gasteiger partial charge in [-0.2, -0.15) is 0 Å². The minimum Gasteiger partial charge on any atom is -0.384 e. The lowest BCUT2D eigenvalue weighted by atomic mass is 9.73. The summed E-state index contributed by atoms with van der Waals surface area (Å²) >= 11 is 0. The molecular formula is C30H4F20O. The van der Waals surface area contributed by atoms with Crippen LogP contribution in [0.15, 0.2) is 0 Å². The minimum absolute atomic E-state index is 2.23. The molecule has 0 spiro atoms. The zero-order chi connectivity index (χ0) is 38.5. The Morgan fingerprint density at radius 3 is 0.608 bits per heavy atom. The Hall–Kier alpha value is -5.08. The number of aliphatic hydroxyl groups excluding tert-OH is 1. The van der Waals surface area contributed by atoms with Crippen molar-refractivity contribution in [2.75, 3.05) is 0 Å². The van der Waals surface area contributed by atoms with E-state index in [9.17, 15) is 57.8 Å². The maximum absolute atomic E-state index is 15.2. The van der Waals surface area contributed by atoms with E-state index in [0.717, 1.165) is 0 Å². The topological polar surface area (TPSA) is 20.2 Å². The summed E-state index contributed by atoms with van der Waals surface area (Å²) in [5.41, 5.74) is -19.8. The van der Waals surface area contributed by atoms with Gasteiger partial charge in [0.15, 0.2) is 93.1 Å². The molecule has 270 valence electrons. The van der Waals surface area contributed by atoms with Gasteiger partial charge < -0.3 is 5.11 Å². The van der Waals surface area contributed by atoms with Gasteiger partial charge in [0.1, 0.15) is 6.10 Å². The van der Waals surface area contributed by atoms with Crippen LogP contribution in [0, 0.1) is 116 Å². The van der Waals surface area contributed by atoms with E-state index in [1.165, 1.54) is 0 Å². The van der Waals surface area contributed by atoms with Crippen LogP contribution < -0.4 is 0 Å². The van der Waals surface area contributed by atoms with E-state index in [1.807, 2.05) is 0 Å². The molecule has 0 saturated heterocycles. The summed E-state index contributed by atoms with van der Waals surface area (Å²) in [5.74, 6) is -61.4. The molecule has 1 nitrogen and oxygen atoms in total. The van der Waals surface area contributed by atoms with Crippen LogP contribution in [0.4, 0.5) is 87.8 Å². The summed E-state index contributed by atoms with van der Waals surface area (Å²) in [6, 6.07) is 0. The van der Waals surface area contributed by atoms with Gasteiger partial charge in [0.05, 0.1) is 22.3 Å². The van der Waals surface area contributed by atoms with E-state index in [1.54, 1.807) is 0 Å². The Morgan fingerprint density at radius 1 is 0.255 bits per heavy atom. The Labute approximate surface area is 267 Å². The Morgan fingerprint density at radius 2 is 0.412 bits per heavy atom. The van der Waals surface area contributed by atoms with Gasteiger partial charge in [-0.1, -0.05) is 0 Å². The highest BCUT2D eigenvalue weighted by molar-refractivity contribution is 6.11. The Bertz CT molecular complexity index is 2030. The van der Waals surface area contributed by atoms with E-state index >= 15 is 35.1 Å². The first kappa shape index (κ1) is 37.2. The molecule has 0 saturated carbocycles. The summed E-state index contributed by atoms with van der Waals surface area (Å²) in [6.07, 6.45) is -6.49. The first-order chi connectivity index (χ1) is 23.6. The predicted octanol–water partition coefficient (Wildman–Crippen LogP) is 9.75. The summed E-state index contributed by atoms with van der Waals surface area (Å²) < 4.78 is 292. The molecule has 1 N–H and O–H groups in total. The lowest BCUT2D eigenvalue weighted by molar-refractivity contribution is 0.283. The molecule has 0 bridgehead atoms. The fourth-order valence-electron chi connectivity index (χ4n) is 5.29. The number of halogens is 20. The van der Waals surface area contributed by atoms with Crippen LogP contribution in [0.25, 0.3) is 22.3 Å². The van der Waals surface area contributed by atoms with Crippen LogP contribution in [0.5, 0.6) is 0 Å². The summed E-state index contributed by atoms with van der Waals surface area (Å²) in [7, 11) is 0. The first-order valence-corrected chi connectivity index (χ1v) is 12.8. The van der Waals surface area contributed by atoms with Crippen LogP contribution in [0.2, 0.25) is 0 Å². The van der Waals surface area contributed by atoms with Gasteiger partial charge in [0, 0.05) is 11.1 Å². The van der Waals surface area contributed by atoms with Crippen molar-refractivity contribution in [1.82, 2.24) is 0 Å². The normalized spacial score (nSPS) is 14.1. The van der Waals surface area contributed by atoms with Crippen LogP contribution in [0.1, 0.15) is 28.7 Å². The highest BCUT2D eigenvalue weighted by atomic mass is 19.2. The smallest absolute Gasteiger partial charge is 0.200 e. The van der Waals surface area contributed by atoms with E-state index in [-0.39, 0.29) is 0 Å². The lowest BCUT2D eigenvalue weighted by Gasteiger charge is -2.33. The quantitative estimate of drug-likeness (QED) is 0.125. The molecule has 0 aromatic heterocycles. The van der Waals surface area contributed by atoms with Crippen molar-refractivity contribution in [3.05, 3.63) is 139 Å². The molecule has 0 atom stereocenters. The number of rotatable bonds is 4. The van der Waals surface area contributed by atoms with Gasteiger partial charge in [-0.05, 0) is 17.6 Å². The largest absolute Gasteiger partial charge is 0.384 e. The molecule has 0 fully saturated rings. The number of aliphatic hydroxyl groups is 1. The fraction of sp³-hybridized carbons (Fsp3) is 0.0667. The second-order valence-electron chi connectivity index (χ2n) is 10.1. The Kier molecular flexibility index (Phi) is 9.19. The zero-order valence-electron chi connectivity index (χ0n) is 23.3. The highest BCUT2D eigenvalue weighted by Gasteiger charge is 2.44. The first-order valence-electron chi connectivity index (χ1n) is 12.8. The molecule has 4 aromatic carbocycles. The van der Waals surface area contributed by atoms with Crippen LogP contribution in [-0.2, 0) is 0 Å². The third kappa shape index (κ3) is 5.14. The number of allylic oxidation sites excluding steroid dienone is 2. The number of hydrogen-bond donors (Lipinski definition) is 1. The molecule has 51 heavy (non-hydrogen) atoms. The zero-order valence-corrected chi connectivity index (χ0v) is 23.3. The molecule has 1 aliphatic rings. The molecule has 21 heteroatoms. The monoisotopic (exact) mass is 760 g/mol. The minimum atomic E-state index is -4.03. The second kappa shape index (κ2) is 12.6. The standard InChI is InChI=1S/C30H4F20O/c31-10-6(11(32)19(40)26(47)18(10)39)2-1-3(7-12(33)20(41)27(48)21(42)13(7)34)5(9-16(37)24(45)29(50)25(46)17(9)38)30(51)4(2)8-14(35)22(43)28(49)23(44)15(8)36/h30,51H,1H2. The third-order valence-corrected chi connectivity index (χ3v) is 7.53. The third-order valence-electron chi connectivity index (χ3n) is 7.53. The Balaban J connectivity index is 2.12. The average Bonchev–Trinajstić information content (AvgIpc) is 3.10. The van der Waals surface area contributed by atoms with Crippen molar-refractivity contribution in [2.24, 2.45) is 0 Å².